The van der Waals surface area contributed by atoms with Crippen molar-refractivity contribution in [3.63, 3.8) is 0 Å². The number of hydrogen-bond acceptors (Lipinski definition) is 6. The Hall–Kier alpha value is -3.07. The van der Waals surface area contributed by atoms with Gasteiger partial charge in [0.2, 0.25) is 16.9 Å². The molecule has 0 saturated heterocycles. The largest absolute Gasteiger partial charge is 0.361 e. The third-order valence-electron chi connectivity index (χ3n) is 3.52. The highest BCUT2D eigenvalue weighted by molar-refractivity contribution is 7.15. The van der Waals surface area contributed by atoms with Gasteiger partial charge < -0.3 is 10.3 Å². The van der Waals surface area contributed by atoms with E-state index in [1.807, 2.05) is 37.4 Å². The Bertz CT molecular complexity index is 946. The van der Waals surface area contributed by atoms with Crippen LogP contribution in [0.15, 0.2) is 35.6 Å². The van der Waals surface area contributed by atoms with Gasteiger partial charge in [0.05, 0.1) is 12.6 Å². The Morgan fingerprint density at radius 3 is 2.96 bits per heavy atom. The number of benzene rings is 1. The summed E-state index contributed by atoms with van der Waals surface area (Å²) in [6, 6.07) is 7.84. The molecule has 0 aliphatic carbocycles. The van der Waals surface area contributed by atoms with Gasteiger partial charge in [0.25, 0.3) is 0 Å². The van der Waals surface area contributed by atoms with Crippen molar-refractivity contribution >= 4 is 45.4 Å². The fourth-order valence-electron chi connectivity index (χ4n) is 2.34. The van der Waals surface area contributed by atoms with Crippen LogP contribution in [0, 0.1) is 0 Å². The first-order chi connectivity index (χ1) is 12.7. The zero-order valence-electron chi connectivity index (χ0n) is 14.2. The second kappa shape index (κ2) is 8.34. The number of aromatic nitrogens is 3. The van der Waals surface area contributed by atoms with E-state index in [0.29, 0.717) is 16.6 Å². The molecule has 3 aromatic rings. The highest BCUT2D eigenvalue weighted by Crippen LogP contribution is 2.17. The lowest BCUT2D eigenvalue weighted by Crippen LogP contribution is -2.19. The summed E-state index contributed by atoms with van der Waals surface area (Å²) in [6.07, 6.45) is 4.66. The Labute approximate surface area is 153 Å². The van der Waals surface area contributed by atoms with E-state index in [-0.39, 0.29) is 18.2 Å². The van der Waals surface area contributed by atoms with E-state index in [1.54, 1.807) is 6.21 Å². The van der Waals surface area contributed by atoms with Gasteiger partial charge in [-0.05, 0) is 12.5 Å². The van der Waals surface area contributed by atoms with E-state index >= 15 is 0 Å². The van der Waals surface area contributed by atoms with Gasteiger partial charge in [0.1, 0.15) is 5.01 Å². The lowest BCUT2D eigenvalue weighted by atomic mass is 10.2. The molecule has 0 bridgehead atoms. The highest BCUT2D eigenvalue weighted by Gasteiger charge is 2.11. The summed E-state index contributed by atoms with van der Waals surface area (Å²) in [5, 5.41) is 16.3. The summed E-state index contributed by atoms with van der Waals surface area (Å²) in [5.41, 5.74) is 4.37. The second-order valence-corrected chi connectivity index (χ2v) is 6.62. The number of amides is 2. The first-order valence-corrected chi connectivity index (χ1v) is 8.97. The van der Waals surface area contributed by atoms with Gasteiger partial charge in [-0.2, -0.15) is 5.10 Å². The molecule has 3 N–H and O–H groups in total. The van der Waals surface area contributed by atoms with Gasteiger partial charge in [-0.1, -0.05) is 36.5 Å². The van der Waals surface area contributed by atoms with E-state index in [2.05, 4.69) is 31.0 Å². The minimum atomic E-state index is -0.302. The Kier molecular flexibility index (Phi) is 5.69. The number of carbonyl (C=O) groups is 2. The maximum Gasteiger partial charge on any atom is 0.247 e. The predicted octanol–water partition coefficient (Wildman–Crippen LogP) is 2.45. The standard InChI is InChI=1S/C17H18N6O2S/c1-2-5-14(24)20-17-23-22-16(26-17)8-15(25)21-19-10-11-9-18-13-7-4-3-6-12(11)13/h3-4,6-7,9-10,18H,2,5,8H2,1H3,(H,21,25)(H,20,23,24)/b19-10-. The van der Waals surface area contributed by atoms with Crippen molar-refractivity contribution in [2.24, 2.45) is 5.10 Å². The van der Waals surface area contributed by atoms with Crippen molar-refractivity contribution in [2.75, 3.05) is 5.32 Å². The van der Waals surface area contributed by atoms with E-state index in [1.165, 1.54) is 11.3 Å². The van der Waals surface area contributed by atoms with Crippen molar-refractivity contribution in [3.05, 3.63) is 41.0 Å². The van der Waals surface area contributed by atoms with Crippen molar-refractivity contribution in [2.45, 2.75) is 26.2 Å². The average Bonchev–Trinajstić information content (AvgIpc) is 3.22. The molecule has 9 heteroatoms. The van der Waals surface area contributed by atoms with Crippen LogP contribution in [0.1, 0.15) is 30.3 Å². The minimum absolute atomic E-state index is 0.0482. The maximum absolute atomic E-state index is 12.0. The van der Waals surface area contributed by atoms with Crippen molar-refractivity contribution in [1.29, 1.82) is 0 Å². The molecule has 8 nitrogen and oxygen atoms in total. The summed E-state index contributed by atoms with van der Waals surface area (Å²) in [4.78, 5) is 26.6. The lowest BCUT2D eigenvalue weighted by molar-refractivity contribution is -0.120. The van der Waals surface area contributed by atoms with Crippen LogP contribution < -0.4 is 10.7 Å². The molecule has 2 amide bonds. The third-order valence-corrected chi connectivity index (χ3v) is 4.35. The van der Waals surface area contributed by atoms with Crippen LogP contribution >= 0.6 is 11.3 Å². The van der Waals surface area contributed by atoms with E-state index in [4.69, 9.17) is 0 Å². The summed E-state index contributed by atoms with van der Waals surface area (Å²) in [6.45, 7) is 1.92. The first kappa shape index (κ1) is 17.7. The molecular formula is C17H18N6O2S. The third kappa shape index (κ3) is 4.51. The van der Waals surface area contributed by atoms with Crippen LogP contribution in [-0.2, 0) is 16.0 Å². The molecule has 0 atom stereocenters. The average molecular weight is 370 g/mol. The van der Waals surface area contributed by atoms with Crippen LogP contribution in [0.2, 0.25) is 0 Å². The van der Waals surface area contributed by atoms with Crippen LogP contribution in [0.25, 0.3) is 10.9 Å². The number of fused-ring (bicyclic) bond motifs is 1. The maximum atomic E-state index is 12.0. The molecule has 2 heterocycles. The van der Waals surface area contributed by atoms with Gasteiger partial charge in [-0.15, -0.1) is 10.2 Å². The van der Waals surface area contributed by atoms with Gasteiger partial charge in [0.15, 0.2) is 0 Å². The van der Waals surface area contributed by atoms with Crippen LogP contribution in [-0.4, -0.2) is 33.2 Å². The molecule has 0 radical (unpaired) electrons. The molecule has 2 aromatic heterocycles. The highest BCUT2D eigenvalue weighted by atomic mass is 32.1. The summed E-state index contributed by atoms with van der Waals surface area (Å²) >= 11 is 1.18. The van der Waals surface area contributed by atoms with E-state index < -0.39 is 0 Å². The number of hydrogen-bond donors (Lipinski definition) is 3. The van der Waals surface area contributed by atoms with Crippen molar-refractivity contribution in [1.82, 2.24) is 20.6 Å². The zero-order chi connectivity index (χ0) is 18.4. The molecular weight excluding hydrogens is 352 g/mol. The first-order valence-electron chi connectivity index (χ1n) is 8.16. The number of aromatic amines is 1. The second-order valence-electron chi connectivity index (χ2n) is 5.56. The normalized spacial score (nSPS) is 11.1. The van der Waals surface area contributed by atoms with Gasteiger partial charge in [0, 0.05) is 29.1 Å². The van der Waals surface area contributed by atoms with Gasteiger partial charge in [-0.25, -0.2) is 5.43 Å². The van der Waals surface area contributed by atoms with Crippen molar-refractivity contribution in [3.8, 4) is 0 Å². The van der Waals surface area contributed by atoms with Gasteiger partial charge >= 0.3 is 0 Å². The number of nitrogens with one attached hydrogen (secondary N) is 3. The monoisotopic (exact) mass is 370 g/mol. The molecule has 26 heavy (non-hydrogen) atoms. The molecule has 0 unspecified atom stereocenters. The molecule has 134 valence electrons. The van der Waals surface area contributed by atoms with Crippen LogP contribution in [0.3, 0.4) is 0 Å². The van der Waals surface area contributed by atoms with Crippen LogP contribution in [0.5, 0.6) is 0 Å². The predicted molar refractivity (Wildman–Crippen MR) is 101 cm³/mol. The molecule has 0 spiro atoms. The lowest BCUT2D eigenvalue weighted by Gasteiger charge is -1.97. The summed E-state index contributed by atoms with van der Waals surface area (Å²) in [7, 11) is 0. The quantitative estimate of drug-likeness (QED) is 0.438. The van der Waals surface area contributed by atoms with E-state index in [0.717, 1.165) is 22.9 Å². The smallest absolute Gasteiger partial charge is 0.247 e. The van der Waals surface area contributed by atoms with E-state index in [9.17, 15) is 9.59 Å². The molecule has 0 saturated carbocycles. The number of para-hydroxylation sites is 1. The topological polar surface area (TPSA) is 112 Å². The number of anilines is 1. The fourth-order valence-corrected chi connectivity index (χ4v) is 3.09. The molecule has 0 fully saturated rings. The number of rotatable bonds is 7. The number of nitrogens with zero attached hydrogens (tertiary/aromatic N) is 3. The minimum Gasteiger partial charge on any atom is -0.361 e. The van der Waals surface area contributed by atoms with Crippen LogP contribution in [0.4, 0.5) is 5.13 Å². The summed E-state index contributed by atoms with van der Waals surface area (Å²) in [5.74, 6) is -0.411. The fraction of sp³-hybridized carbons (Fsp3) is 0.235. The SMILES string of the molecule is CCCC(=O)Nc1nnc(CC(=O)N/N=C\c2c[nH]c3ccccc23)s1. The molecule has 1 aromatic carbocycles. The molecule has 0 aliphatic heterocycles. The number of hydrazone groups is 1. The molecule has 3 rings (SSSR count). The summed E-state index contributed by atoms with van der Waals surface area (Å²) < 4.78 is 0. The Morgan fingerprint density at radius 1 is 1.27 bits per heavy atom. The van der Waals surface area contributed by atoms with Gasteiger partial charge in [-0.3, -0.25) is 9.59 Å². The van der Waals surface area contributed by atoms with Crippen molar-refractivity contribution < 1.29 is 9.59 Å². The Morgan fingerprint density at radius 2 is 2.12 bits per heavy atom. The number of carbonyl (C=O) groups excluding carboxylic acids is 2. The Balaban J connectivity index is 1.53. The zero-order valence-corrected chi connectivity index (χ0v) is 15.0. The number of H-pyrrole nitrogens is 1. The molecule has 0 aliphatic rings.